The van der Waals surface area contributed by atoms with E-state index in [9.17, 15) is 4.79 Å². The first-order valence-corrected chi connectivity index (χ1v) is 14.4. The highest BCUT2D eigenvalue weighted by Gasteiger charge is 2.43. The molecule has 0 spiro atoms. The van der Waals surface area contributed by atoms with E-state index < -0.39 is 0 Å². The minimum Gasteiger partial charge on any atom is -0.484 e. The fourth-order valence-corrected chi connectivity index (χ4v) is 5.65. The summed E-state index contributed by atoms with van der Waals surface area (Å²) in [5.41, 5.74) is 4.17. The zero-order valence-electron chi connectivity index (χ0n) is 22.3. The topological polar surface area (TPSA) is 51.1 Å². The molecule has 1 fully saturated rings. The van der Waals surface area contributed by atoms with E-state index in [-0.39, 0.29) is 24.5 Å². The Kier molecular flexibility index (Phi) is 8.08. The monoisotopic (exact) mass is 582 g/mol. The average molecular weight is 584 g/mol. The normalized spacial score (nSPS) is 19.0. The number of carbonyl (C=O) groups excluding carboxylic acids is 1. The van der Waals surface area contributed by atoms with Gasteiger partial charge in [0.05, 0.1) is 11.8 Å². The quantitative estimate of drug-likeness (QED) is 0.218. The van der Waals surface area contributed by atoms with Gasteiger partial charge in [-0.25, -0.2) is 5.01 Å². The maximum Gasteiger partial charge on any atom is 0.281 e. The van der Waals surface area contributed by atoms with Gasteiger partial charge in [-0.2, -0.15) is 5.10 Å². The van der Waals surface area contributed by atoms with Crippen LogP contribution in [0.5, 0.6) is 17.2 Å². The second-order valence-electron chi connectivity index (χ2n) is 10.1. The fraction of sp³-hybridized carbons (Fsp3) is 0.176. The largest absolute Gasteiger partial charge is 0.484 e. The molecule has 0 radical (unpaired) electrons. The van der Waals surface area contributed by atoms with Crippen molar-refractivity contribution in [2.75, 3.05) is 6.61 Å². The van der Waals surface area contributed by atoms with Crippen molar-refractivity contribution in [3.8, 4) is 17.2 Å². The highest BCUT2D eigenvalue weighted by Crippen LogP contribution is 2.44. The SMILES string of the molecule is O=C(COc1ccc(Oc2ccccc2)cc1)N1N=C2/C(=C\c3ccc(Cl)cc3)CCC[C@@H]2[C@H]1c1ccc(Cl)cc1. The van der Waals surface area contributed by atoms with Crippen LogP contribution >= 0.6 is 23.2 Å². The van der Waals surface area contributed by atoms with Crippen LogP contribution in [0.25, 0.3) is 6.08 Å². The van der Waals surface area contributed by atoms with Crippen LogP contribution in [-0.4, -0.2) is 23.2 Å². The molecule has 1 saturated carbocycles. The molecule has 6 rings (SSSR count). The molecule has 1 aliphatic heterocycles. The van der Waals surface area contributed by atoms with E-state index in [4.69, 9.17) is 37.8 Å². The van der Waals surface area contributed by atoms with Gasteiger partial charge in [0.25, 0.3) is 5.91 Å². The van der Waals surface area contributed by atoms with E-state index in [1.165, 1.54) is 0 Å². The molecular formula is C34H28Cl2N2O3. The first kappa shape index (κ1) is 27.1. The summed E-state index contributed by atoms with van der Waals surface area (Å²) >= 11 is 12.3. The highest BCUT2D eigenvalue weighted by atomic mass is 35.5. The third-order valence-electron chi connectivity index (χ3n) is 7.34. The molecule has 4 aromatic rings. The zero-order chi connectivity index (χ0) is 28.2. The van der Waals surface area contributed by atoms with E-state index in [1.54, 1.807) is 17.1 Å². The first-order chi connectivity index (χ1) is 20.0. The predicted octanol–water partition coefficient (Wildman–Crippen LogP) is 8.99. The molecule has 1 heterocycles. The molecule has 2 atom stereocenters. The number of hydrogen-bond acceptors (Lipinski definition) is 4. The third kappa shape index (κ3) is 6.32. The number of amides is 1. The molecule has 41 heavy (non-hydrogen) atoms. The molecular weight excluding hydrogens is 555 g/mol. The number of allylic oxidation sites excluding steroid dienone is 1. The lowest BCUT2D eigenvalue weighted by Crippen LogP contribution is -2.34. The molecule has 2 aliphatic rings. The van der Waals surface area contributed by atoms with Crippen molar-refractivity contribution in [3.63, 3.8) is 0 Å². The van der Waals surface area contributed by atoms with Crippen LogP contribution in [0, 0.1) is 5.92 Å². The van der Waals surface area contributed by atoms with Crippen LogP contribution < -0.4 is 9.47 Å². The second-order valence-corrected chi connectivity index (χ2v) is 11.0. The molecule has 0 unspecified atom stereocenters. The summed E-state index contributed by atoms with van der Waals surface area (Å²) in [5.74, 6) is 1.90. The molecule has 4 aromatic carbocycles. The number of rotatable bonds is 7. The van der Waals surface area contributed by atoms with E-state index in [2.05, 4.69) is 6.08 Å². The lowest BCUT2D eigenvalue weighted by molar-refractivity contribution is -0.135. The number of carbonyl (C=O) groups is 1. The van der Waals surface area contributed by atoms with Crippen LogP contribution in [-0.2, 0) is 4.79 Å². The molecule has 0 N–H and O–H groups in total. The van der Waals surface area contributed by atoms with Crippen molar-refractivity contribution < 1.29 is 14.3 Å². The van der Waals surface area contributed by atoms with Gasteiger partial charge in [0, 0.05) is 16.0 Å². The van der Waals surface area contributed by atoms with E-state index in [1.807, 2.05) is 91.0 Å². The number of para-hydroxylation sites is 1. The van der Waals surface area contributed by atoms with Crippen LogP contribution in [0.3, 0.4) is 0 Å². The third-order valence-corrected chi connectivity index (χ3v) is 7.85. The fourth-order valence-electron chi connectivity index (χ4n) is 5.40. The number of nitrogens with zero attached hydrogens (tertiary/aromatic N) is 2. The van der Waals surface area contributed by atoms with Crippen molar-refractivity contribution in [3.05, 3.63) is 130 Å². The van der Waals surface area contributed by atoms with Crippen molar-refractivity contribution in [2.24, 2.45) is 11.0 Å². The van der Waals surface area contributed by atoms with Crippen LogP contribution in [0.2, 0.25) is 10.0 Å². The first-order valence-electron chi connectivity index (χ1n) is 13.6. The van der Waals surface area contributed by atoms with Crippen LogP contribution in [0.15, 0.2) is 114 Å². The van der Waals surface area contributed by atoms with Crippen molar-refractivity contribution in [1.29, 1.82) is 0 Å². The number of benzene rings is 4. The Hall–Kier alpha value is -4.06. The summed E-state index contributed by atoms with van der Waals surface area (Å²) in [7, 11) is 0. The zero-order valence-corrected chi connectivity index (χ0v) is 23.8. The van der Waals surface area contributed by atoms with E-state index in [0.717, 1.165) is 47.4 Å². The molecule has 0 bridgehead atoms. The van der Waals surface area contributed by atoms with Gasteiger partial charge in [0.15, 0.2) is 6.61 Å². The maximum atomic E-state index is 13.6. The molecule has 1 aliphatic carbocycles. The Bertz CT molecular complexity index is 1570. The van der Waals surface area contributed by atoms with Gasteiger partial charge in [0.2, 0.25) is 0 Å². The summed E-state index contributed by atoms with van der Waals surface area (Å²) in [6.07, 6.45) is 5.02. The van der Waals surface area contributed by atoms with E-state index >= 15 is 0 Å². The van der Waals surface area contributed by atoms with Gasteiger partial charge in [-0.15, -0.1) is 0 Å². The maximum absolute atomic E-state index is 13.6. The smallest absolute Gasteiger partial charge is 0.281 e. The van der Waals surface area contributed by atoms with Gasteiger partial charge < -0.3 is 9.47 Å². The molecule has 206 valence electrons. The Morgan fingerprint density at radius 2 is 1.46 bits per heavy atom. The van der Waals surface area contributed by atoms with Crippen molar-refractivity contribution in [1.82, 2.24) is 5.01 Å². The summed E-state index contributed by atoms with van der Waals surface area (Å²) in [4.78, 5) is 13.6. The van der Waals surface area contributed by atoms with Gasteiger partial charge in [0.1, 0.15) is 17.2 Å². The Balaban J connectivity index is 1.22. The number of hydrogen-bond donors (Lipinski definition) is 0. The molecule has 5 nitrogen and oxygen atoms in total. The summed E-state index contributed by atoms with van der Waals surface area (Å²) in [5, 5.41) is 7.89. The minimum atomic E-state index is -0.228. The summed E-state index contributed by atoms with van der Waals surface area (Å²) in [6, 6.07) is 32.0. The van der Waals surface area contributed by atoms with Gasteiger partial charge in [-0.05, 0) is 103 Å². The molecule has 0 saturated heterocycles. The highest BCUT2D eigenvalue weighted by molar-refractivity contribution is 6.30. The number of fused-ring (bicyclic) bond motifs is 1. The van der Waals surface area contributed by atoms with Gasteiger partial charge >= 0.3 is 0 Å². The molecule has 1 amide bonds. The lowest BCUT2D eigenvalue weighted by atomic mass is 9.77. The van der Waals surface area contributed by atoms with Crippen LogP contribution in [0.4, 0.5) is 0 Å². The Morgan fingerprint density at radius 3 is 2.17 bits per heavy atom. The molecule has 7 heteroatoms. The van der Waals surface area contributed by atoms with Gasteiger partial charge in [-0.3, -0.25) is 4.79 Å². The minimum absolute atomic E-state index is 0.0850. The Morgan fingerprint density at radius 1 is 0.829 bits per heavy atom. The van der Waals surface area contributed by atoms with Gasteiger partial charge in [-0.1, -0.05) is 65.7 Å². The average Bonchev–Trinajstić information content (AvgIpc) is 3.40. The van der Waals surface area contributed by atoms with Crippen LogP contribution in [0.1, 0.15) is 36.4 Å². The predicted molar refractivity (Wildman–Crippen MR) is 164 cm³/mol. The number of hydrazone groups is 1. The van der Waals surface area contributed by atoms with E-state index in [0.29, 0.717) is 21.5 Å². The second kappa shape index (κ2) is 12.2. The summed E-state index contributed by atoms with van der Waals surface area (Å²) in [6.45, 7) is -0.136. The lowest BCUT2D eigenvalue weighted by Gasteiger charge is -2.29. The van der Waals surface area contributed by atoms with Crippen molar-refractivity contribution in [2.45, 2.75) is 25.3 Å². The number of halogens is 2. The Labute approximate surface area is 249 Å². The standard InChI is InChI=1S/C34H28Cl2N2O3/c35-26-13-9-23(10-14-26)21-25-5-4-8-31-33(25)37-38(34(31)24-11-15-27(36)16-12-24)32(39)22-40-28-17-19-30(20-18-28)41-29-6-2-1-3-7-29/h1-3,6-7,9-21,31,34H,4-5,8,22H2/b25-21-/t31-,34+/m0/s1. The molecule has 0 aromatic heterocycles. The van der Waals surface area contributed by atoms with Crippen molar-refractivity contribution >= 4 is 40.9 Å². The number of ether oxygens (including phenoxy) is 2. The summed E-state index contributed by atoms with van der Waals surface area (Å²) < 4.78 is 11.8.